The van der Waals surface area contributed by atoms with E-state index in [1.807, 2.05) is 0 Å². The van der Waals surface area contributed by atoms with Gasteiger partial charge in [-0.25, -0.2) is 0 Å². The van der Waals surface area contributed by atoms with Gasteiger partial charge in [0, 0.05) is 32.9 Å². The van der Waals surface area contributed by atoms with Crippen LogP contribution in [0, 0.1) is 27.7 Å². The first kappa shape index (κ1) is 35.7. The van der Waals surface area contributed by atoms with Crippen molar-refractivity contribution in [1.82, 2.24) is 9.13 Å². The van der Waals surface area contributed by atoms with Crippen molar-refractivity contribution in [2.24, 2.45) is 0 Å². The molecule has 0 aliphatic heterocycles. The van der Waals surface area contributed by atoms with Crippen LogP contribution in [-0.4, -0.2) is 9.13 Å². The summed E-state index contributed by atoms with van der Waals surface area (Å²) in [5.74, 6) is 0. The van der Waals surface area contributed by atoms with Crippen molar-refractivity contribution in [3.63, 3.8) is 0 Å². The van der Waals surface area contributed by atoms with Crippen molar-refractivity contribution in [3.05, 3.63) is 216 Å². The van der Waals surface area contributed by atoms with E-state index in [-0.39, 0.29) is 0 Å². The van der Waals surface area contributed by atoms with Crippen molar-refractivity contribution < 1.29 is 0 Å². The first-order valence-electron chi connectivity index (χ1n) is 20.9. The first-order valence-corrected chi connectivity index (χ1v) is 20.9. The van der Waals surface area contributed by atoms with Gasteiger partial charge in [0.25, 0.3) is 0 Å². The van der Waals surface area contributed by atoms with E-state index in [4.69, 9.17) is 0 Å². The van der Waals surface area contributed by atoms with Crippen LogP contribution >= 0.6 is 0 Å². The topological polar surface area (TPSA) is 9.86 Å². The molecule has 0 atom stereocenters. The zero-order chi connectivity index (χ0) is 40.5. The Balaban J connectivity index is 1.02. The number of nitrogens with zero attached hydrogens (tertiary/aromatic N) is 2. The van der Waals surface area contributed by atoms with Gasteiger partial charge >= 0.3 is 0 Å². The molecule has 0 fully saturated rings. The highest BCUT2D eigenvalue weighted by molar-refractivity contribution is 6.11. The molecular weight excluding hydrogens is 725 g/mol. The Labute approximate surface area is 351 Å². The van der Waals surface area contributed by atoms with Gasteiger partial charge in [-0.2, -0.15) is 0 Å². The van der Waals surface area contributed by atoms with Crippen LogP contribution in [0.15, 0.2) is 194 Å². The molecule has 0 amide bonds. The van der Waals surface area contributed by atoms with Gasteiger partial charge in [-0.15, -0.1) is 0 Å². The summed E-state index contributed by atoms with van der Waals surface area (Å²) in [6, 6.07) is 72.1. The predicted octanol–water partition coefficient (Wildman–Crippen LogP) is 15.8. The summed E-state index contributed by atoms with van der Waals surface area (Å²) in [4.78, 5) is 0. The Bertz CT molecular complexity index is 3110. The zero-order valence-electron chi connectivity index (χ0n) is 34.4. The Morgan fingerprint density at radius 2 is 0.500 bits per heavy atom. The second kappa shape index (κ2) is 14.1. The van der Waals surface area contributed by atoms with E-state index in [0.29, 0.717) is 0 Å². The van der Waals surface area contributed by atoms with Crippen LogP contribution in [0.4, 0.5) is 0 Å². The molecule has 286 valence electrons. The van der Waals surface area contributed by atoms with Gasteiger partial charge in [-0.05, 0) is 163 Å². The van der Waals surface area contributed by atoms with E-state index < -0.39 is 0 Å². The summed E-state index contributed by atoms with van der Waals surface area (Å²) in [5, 5.41) is 5.18. The van der Waals surface area contributed by atoms with Gasteiger partial charge < -0.3 is 9.13 Å². The third kappa shape index (κ3) is 6.12. The van der Waals surface area contributed by atoms with E-state index >= 15 is 0 Å². The fourth-order valence-electron chi connectivity index (χ4n) is 9.28. The van der Waals surface area contributed by atoms with Crippen LogP contribution in [0.25, 0.3) is 99.5 Å². The maximum Gasteiger partial charge on any atom is 0.0541 e. The minimum Gasteiger partial charge on any atom is -0.309 e. The first-order chi connectivity index (χ1) is 29.3. The molecule has 0 saturated heterocycles. The average Bonchev–Trinajstić information content (AvgIpc) is 3.77. The molecule has 2 nitrogen and oxygen atoms in total. The van der Waals surface area contributed by atoms with E-state index in [0.717, 1.165) is 11.4 Å². The molecular formula is C58H44N2. The number of fused-ring (bicyclic) bond motifs is 6. The molecule has 0 saturated carbocycles. The third-order valence-corrected chi connectivity index (χ3v) is 12.3. The van der Waals surface area contributed by atoms with Crippen molar-refractivity contribution in [3.8, 4) is 55.9 Å². The predicted molar refractivity (Wildman–Crippen MR) is 256 cm³/mol. The highest BCUT2D eigenvalue weighted by Crippen LogP contribution is 2.38. The number of benzene rings is 9. The van der Waals surface area contributed by atoms with Crippen molar-refractivity contribution >= 4 is 43.6 Å². The standard InChI is InChI=1S/C58H44N2/c1-37-10-26-55-51(30-37)52-31-38(2)11-27-56(52)59(55)49-22-18-44(19-23-49)47-34-46(43-16-14-42(15-17-43)41-8-6-5-7-9-41)35-48(36-47)45-20-24-50(25-21-45)60-57-28-12-39(3)32-53(57)54-33-40(4)13-29-58(54)60/h5-36H,1-4H3. The molecule has 2 aromatic heterocycles. The third-order valence-electron chi connectivity index (χ3n) is 12.3. The molecule has 11 aromatic rings. The summed E-state index contributed by atoms with van der Waals surface area (Å²) in [7, 11) is 0. The molecule has 0 N–H and O–H groups in total. The highest BCUT2D eigenvalue weighted by atomic mass is 15.0. The normalized spacial score (nSPS) is 11.7. The summed E-state index contributed by atoms with van der Waals surface area (Å²) in [5.41, 5.74) is 21.9. The molecule has 0 aliphatic rings. The summed E-state index contributed by atoms with van der Waals surface area (Å²) >= 11 is 0. The number of hydrogen-bond acceptors (Lipinski definition) is 0. The van der Waals surface area contributed by atoms with Crippen LogP contribution in [-0.2, 0) is 0 Å². The Morgan fingerprint density at radius 3 is 0.817 bits per heavy atom. The molecule has 60 heavy (non-hydrogen) atoms. The highest BCUT2D eigenvalue weighted by Gasteiger charge is 2.16. The minimum absolute atomic E-state index is 1.16. The lowest BCUT2D eigenvalue weighted by Gasteiger charge is -2.14. The van der Waals surface area contributed by atoms with E-state index in [1.54, 1.807) is 0 Å². The fourth-order valence-corrected chi connectivity index (χ4v) is 9.28. The van der Waals surface area contributed by atoms with Gasteiger partial charge in [0.2, 0.25) is 0 Å². The van der Waals surface area contributed by atoms with Crippen molar-refractivity contribution in [2.75, 3.05) is 0 Å². The van der Waals surface area contributed by atoms with Crippen LogP contribution in [0.3, 0.4) is 0 Å². The second-order valence-electron chi connectivity index (χ2n) is 16.6. The molecule has 9 aromatic carbocycles. The van der Waals surface area contributed by atoms with Crippen LogP contribution in [0.1, 0.15) is 22.3 Å². The molecule has 0 spiro atoms. The van der Waals surface area contributed by atoms with Crippen molar-refractivity contribution in [1.29, 1.82) is 0 Å². The summed E-state index contributed by atoms with van der Waals surface area (Å²) in [6.45, 7) is 8.70. The van der Waals surface area contributed by atoms with Crippen LogP contribution in [0.5, 0.6) is 0 Å². The van der Waals surface area contributed by atoms with E-state index in [9.17, 15) is 0 Å². The maximum atomic E-state index is 2.41. The van der Waals surface area contributed by atoms with Gasteiger partial charge in [0.1, 0.15) is 0 Å². The summed E-state index contributed by atoms with van der Waals surface area (Å²) < 4.78 is 4.81. The SMILES string of the molecule is Cc1ccc2c(c1)c1cc(C)ccc1n2-c1ccc(-c2cc(-c3ccc(-c4ccccc4)cc3)cc(-c3ccc(-n4c5ccc(C)cc5c5cc(C)ccc54)cc3)c2)cc1. The molecule has 2 heteroatoms. The lowest BCUT2D eigenvalue weighted by Crippen LogP contribution is -1.94. The number of aromatic nitrogens is 2. The van der Waals surface area contributed by atoms with Crippen molar-refractivity contribution in [2.45, 2.75) is 27.7 Å². The molecule has 0 unspecified atom stereocenters. The number of hydrogen-bond donors (Lipinski definition) is 0. The van der Waals surface area contributed by atoms with E-state index in [2.05, 4.69) is 231 Å². The minimum atomic E-state index is 1.16. The number of rotatable bonds is 6. The van der Waals surface area contributed by atoms with E-state index in [1.165, 1.54) is 110 Å². The fraction of sp³-hybridized carbons (Fsp3) is 0.0690. The van der Waals surface area contributed by atoms with Gasteiger partial charge in [-0.3, -0.25) is 0 Å². The quantitative estimate of drug-likeness (QED) is 0.159. The maximum absolute atomic E-state index is 2.41. The largest absolute Gasteiger partial charge is 0.309 e. The summed E-state index contributed by atoms with van der Waals surface area (Å²) in [6.07, 6.45) is 0. The zero-order valence-corrected chi connectivity index (χ0v) is 34.4. The average molecular weight is 769 g/mol. The Hall–Kier alpha value is -7.42. The molecule has 0 bridgehead atoms. The Kier molecular flexibility index (Phi) is 8.42. The van der Waals surface area contributed by atoms with Gasteiger partial charge in [-0.1, -0.05) is 125 Å². The van der Waals surface area contributed by atoms with Gasteiger partial charge in [0.05, 0.1) is 22.1 Å². The molecule has 0 radical (unpaired) electrons. The Morgan fingerprint density at radius 1 is 0.233 bits per heavy atom. The van der Waals surface area contributed by atoms with Gasteiger partial charge in [0.15, 0.2) is 0 Å². The van der Waals surface area contributed by atoms with Crippen LogP contribution in [0.2, 0.25) is 0 Å². The lowest BCUT2D eigenvalue weighted by molar-refractivity contribution is 1.18. The molecule has 0 aliphatic carbocycles. The molecule has 2 heterocycles. The van der Waals surface area contributed by atoms with Crippen LogP contribution < -0.4 is 0 Å². The number of aryl methyl sites for hydroxylation is 4. The lowest BCUT2D eigenvalue weighted by atomic mass is 9.92. The second-order valence-corrected chi connectivity index (χ2v) is 16.6. The monoisotopic (exact) mass is 768 g/mol. The molecule has 11 rings (SSSR count). The smallest absolute Gasteiger partial charge is 0.0541 e.